The zero-order valence-corrected chi connectivity index (χ0v) is 24.0. The normalized spacial score (nSPS) is 13.7. The van der Waals surface area contributed by atoms with Gasteiger partial charge in [-0.3, -0.25) is 9.59 Å². The standard InChI is InChI=1S/C27H33N3O7S2/c1-4-7-13-29(5-2)39(33,34)20-10-8-19(9-11-20)26(32)28-27-30(14-12-25(31)35-6-3)21-17-22-23(18-24(21)38-27)37-16-15-36-22/h8-11,17-18H,4-7,12-16H2,1-3H3. The Labute approximate surface area is 231 Å². The maximum absolute atomic E-state index is 13.2. The molecule has 1 amide bonds. The van der Waals surface area contributed by atoms with Gasteiger partial charge in [-0.05, 0) is 37.6 Å². The number of thiazole rings is 1. The fourth-order valence-electron chi connectivity index (χ4n) is 4.20. The zero-order valence-electron chi connectivity index (χ0n) is 22.3. The zero-order chi connectivity index (χ0) is 28.0. The van der Waals surface area contributed by atoms with E-state index in [1.54, 1.807) is 18.4 Å². The molecule has 0 saturated heterocycles. The number of benzene rings is 2. The van der Waals surface area contributed by atoms with E-state index in [9.17, 15) is 18.0 Å². The van der Waals surface area contributed by atoms with Gasteiger partial charge in [-0.15, -0.1) is 0 Å². The average molecular weight is 576 g/mol. The van der Waals surface area contributed by atoms with Crippen LogP contribution in [-0.2, 0) is 26.1 Å². The molecule has 0 radical (unpaired) electrons. The van der Waals surface area contributed by atoms with Crippen LogP contribution in [0.2, 0.25) is 0 Å². The number of aryl methyl sites for hydroxylation is 1. The summed E-state index contributed by atoms with van der Waals surface area (Å²) in [6, 6.07) is 9.50. The van der Waals surface area contributed by atoms with Crippen LogP contribution in [0.5, 0.6) is 11.5 Å². The van der Waals surface area contributed by atoms with Gasteiger partial charge in [-0.2, -0.15) is 9.30 Å². The number of hydrogen-bond donors (Lipinski definition) is 0. The van der Waals surface area contributed by atoms with Crippen LogP contribution in [0, 0.1) is 0 Å². The molecule has 1 aromatic heterocycles. The Kier molecular flexibility index (Phi) is 9.41. The Morgan fingerprint density at radius 2 is 1.77 bits per heavy atom. The lowest BCUT2D eigenvalue weighted by atomic mass is 10.2. The maximum atomic E-state index is 13.2. The van der Waals surface area contributed by atoms with Gasteiger partial charge in [0, 0.05) is 37.3 Å². The molecule has 12 heteroatoms. The van der Waals surface area contributed by atoms with Crippen molar-refractivity contribution >= 4 is 43.5 Å². The predicted molar refractivity (Wildman–Crippen MR) is 148 cm³/mol. The largest absolute Gasteiger partial charge is 0.486 e. The summed E-state index contributed by atoms with van der Waals surface area (Å²) in [6.45, 7) is 7.80. The van der Waals surface area contributed by atoms with E-state index in [2.05, 4.69) is 4.99 Å². The molecule has 1 aliphatic heterocycles. The molecule has 3 aromatic rings. The van der Waals surface area contributed by atoms with Gasteiger partial charge in [0.25, 0.3) is 5.91 Å². The third-order valence-electron chi connectivity index (χ3n) is 6.24. The van der Waals surface area contributed by atoms with Gasteiger partial charge in [0.15, 0.2) is 16.3 Å². The van der Waals surface area contributed by atoms with Crippen molar-refractivity contribution in [1.82, 2.24) is 8.87 Å². The fraction of sp³-hybridized carbons (Fsp3) is 0.444. The number of rotatable bonds is 11. The highest BCUT2D eigenvalue weighted by molar-refractivity contribution is 7.89. The second-order valence-electron chi connectivity index (χ2n) is 8.85. The number of amides is 1. The molecule has 0 bridgehead atoms. The van der Waals surface area contributed by atoms with Crippen molar-refractivity contribution in [2.45, 2.75) is 51.5 Å². The minimum Gasteiger partial charge on any atom is -0.486 e. The second kappa shape index (κ2) is 12.8. The molecule has 0 spiro atoms. The van der Waals surface area contributed by atoms with Crippen molar-refractivity contribution in [3.8, 4) is 11.5 Å². The van der Waals surface area contributed by atoms with Crippen molar-refractivity contribution in [3.63, 3.8) is 0 Å². The molecule has 0 aliphatic carbocycles. The number of carbonyl (C=O) groups excluding carboxylic acids is 2. The van der Waals surface area contributed by atoms with E-state index < -0.39 is 15.9 Å². The SMILES string of the molecule is CCCCN(CC)S(=O)(=O)c1ccc(C(=O)N=c2sc3cc4c(cc3n2CCC(=O)OCC)OCCO4)cc1. The van der Waals surface area contributed by atoms with E-state index in [4.69, 9.17) is 14.2 Å². The van der Waals surface area contributed by atoms with E-state index in [1.165, 1.54) is 39.9 Å². The van der Waals surface area contributed by atoms with Crippen LogP contribution in [0.15, 0.2) is 46.3 Å². The summed E-state index contributed by atoms with van der Waals surface area (Å²) < 4.78 is 46.6. The molecule has 10 nitrogen and oxygen atoms in total. The summed E-state index contributed by atoms with van der Waals surface area (Å²) >= 11 is 1.29. The number of aromatic nitrogens is 1. The molecule has 2 aromatic carbocycles. The van der Waals surface area contributed by atoms with Gasteiger partial charge >= 0.3 is 5.97 Å². The lowest BCUT2D eigenvalue weighted by molar-refractivity contribution is -0.143. The van der Waals surface area contributed by atoms with E-state index in [1.807, 2.05) is 19.1 Å². The summed E-state index contributed by atoms with van der Waals surface area (Å²) in [7, 11) is -3.66. The quantitative estimate of drug-likeness (QED) is 0.318. The molecule has 1 aliphatic rings. The van der Waals surface area contributed by atoms with Crippen LogP contribution < -0.4 is 14.3 Å². The lowest BCUT2D eigenvalue weighted by Crippen LogP contribution is -2.31. The van der Waals surface area contributed by atoms with Crippen molar-refractivity contribution < 1.29 is 32.2 Å². The molecule has 39 heavy (non-hydrogen) atoms. The van der Waals surface area contributed by atoms with Crippen LogP contribution in [0.3, 0.4) is 0 Å². The van der Waals surface area contributed by atoms with Gasteiger partial charge in [-0.25, -0.2) is 8.42 Å². The monoisotopic (exact) mass is 575 g/mol. The maximum Gasteiger partial charge on any atom is 0.307 e. The highest BCUT2D eigenvalue weighted by atomic mass is 32.2. The van der Waals surface area contributed by atoms with Crippen LogP contribution in [0.25, 0.3) is 10.2 Å². The summed E-state index contributed by atoms with van der Waals surface area (Å²) in [5.41, 5.74) is 1.01. The Hall–Kier alpha value is -3.22. The number of esters is 1. The van der Waals surface area contributed by atoms with E-state index in [-0.39, 0.29) is 36.0 Å². The van der Waals surface area contributed by atoms with Crippen molar-refractivity contribution in [2.24, 2.45) is 4.99 Å². The third-order valence-corrected chi connectivity index (χ3v) is 9.27. The Morgan fingerprint density at radius 3 is 2.41 bits per heavy atom. The first-order chi connectivity index (χ1) is 18.8. The average Bonchev–Trinajstić information content (AvgIpc) is 3.26. The van der Waals surface area contributed by atoms with Crippen LogP contribution >= 0.6 is 11.3 Å². The van der Waals surface area contributed by atoms with E-state index in [0.717, 1.165) is 23.1 Å². The summed E-state index contributed by atoms with van der Waals surface area (Å²) in [6.07, 6.45) is 1.77. The van der Waals surface area contributed by atoms with Gasteiger partial charge in [0.1, 0.15) is 13.2 Å². The van der Waals surface area contributed by atoms with E-state index >= 15 is 0 Å². The number of nitrogens with zero attached hydrogens (tertiary/aromatic N) is 3. The van der Waals surface area contributed by atoms with Gasteiger partial charge < -0.3 is 18.8 Å². The molecule has 0 unspecified atom stereocenters. The molecule has 2 heterocycles. The van der Waals surface area contributed by atoms with Crippen molar-refractivity contribution in [3.05, 3.63) is 46.8 Å². The van der Waals surface area contributed by atoms with E-state index in [0.29, 0.717) is 42.6 Å². The first-order valence-corrected chi connectivity index (χ1v) is 15.3. The summed E-state index contributed by atoms with van der Waals surface area (Å²) in [4.78, 5) is 30.1. The highest BCUT2D eigenvalue weighted by Crippen LogP contribution is 2.35. The number of sulfonamides is 1. The molecule has 0 fully saturated rings. The van der Waals surface area contributed by atoms with Crippen LogP contribution in [0.4, 0.5) is 0 Å². The molecule has 210 valence electrons. The minimum absolute atomic E-state index is 0.105. The van der Waals surface area contributed by atoms with Gasteiger partial charge in [0.05, 0.1) is 28.1 Å². The Bertz CT molecular complexity index is 1510. The molecule has 0 saturated carbocycles. The molecule has 4 rings (SSSR count). The van der Waals surface area contributed by atoms with Crippen molar-refractivity contribution in [2.75, 3.05) is 32.9 Å². The topological polar surface area (TPSA) is 117 Å². The Balaban J connectivity index is 1.67. The van der Waals surface area contributed by atoms with Crippen LogP contribution in [-0.4, -0.2) is 62.1 Å². The van der Waals surface area contributed by atoms with Crippen LogP contribution in [0.1, 0.15) is 50.4 Å². The second-order valence-corrected chi connectivity index (χ2v) is 11.8. The predicted octanol–water partition coefficient (Wildman–Crippen LogP) is 3.98. The molecule has 0 atom stereocenters. The highest BCUT2D eigenvalue weighted by Gasteiger charge is 2.23. The molecule has 0 N–H and O–H groups in total. The number of hydrogen-bond acceptors (Lipinski definition) is 8. The summed E-state index contributed by atoms with van der Waals surface area (Å²) in [5.74, 6) is 0.329. The number of unbranched alkanes of at least 4 members (excludes halogenated alkanes) is 1. The number of carbonyl (C=O) groups is 2. The lowest BCUT2D eigenvalue weighted by Gasteiger charge is -2.20. The summed E-state index contributed by atoms with van der Waals surface area (Å²) in [5, 5.41) is 0. The number of ether oxygens (including phenoxy) is 3. The van der Waals surface area contributed by atoms with Gasteiger partial charge in [0.2, 0.25) is 10.0 Å². The minimum atomic E-state index is -3.66. The molecular weight excluding hydrogens is 542 g/mol. The van der Waals surface area contributed by atoms with Crippen molar-refractivity contribution in [1.29, 1.82) is 0 Å². The fourth-order valence-corrected chi connectivity index (χ4v) is 6.75. The first-order valence-electron chi connectivity index (χ1n) is 13.1. The third kappa shape index (κ3) is 6.51. The Morgan fingerprint density at radius 1 is 1.08 bits per heavy atom. The van der Waals surface area contributed by atoms with Gasteiger partial charge in [-0.1, -0.05) is 31.6 Å². The first kappa shape index (κ1) is 28.8. The molecular formula is C27H33N3O7S2. The number of fused-ring (bicyclic) bond motifs is 2. The smallest absolute Gasteiger partial charge is 0.307 e.